The molecule has 3 heteroatoms. The molecule has 74 valence electrons. The van der Waals surface area contributed by atoms with Crippen LogP contribution in [0.3, 0.4) is 0 Å². The third-order valence-corrected chi connectivity index (χ3v) is 3.64. The van der Waals surface area contributed by atoms with Gasteiger partial charge in [-0.15, -0.1) is 0 Å². The van der Waals surface area contributed by atoms with Crippen LogP contribution in [0.15, 0.2) is 18.5 Å². The van der Waals surface area contributed by atoms with Crippen LogP contribution in [-0.2, 0) is 0 Å². The molecule has 1 aromatic rings. The average molecular weight is 189 g/mol. The van der Waals surface area contributed by atoms with Crippen LogP contribution in [0.25, 0.3) is 0 Å². The second-order valence-corrected chi connectivity index (χ2v) is 4.64. The lowest BCUT2D eigenvalue weighted by Gasteiger charge is -2.57. The third kappa shape index (κ3) is 1.01. The van der Waals surface area contributed by atoms with Crippen LogP contribution >= 0.6 is 0 Å². The molecule has 1 aliphatic heterocycles. The summed E-state index contributed by atoms with van der Waals surface area (Å²) in [6.07, 6.45) is 7.79. The van der Waals surface area contributed by atoms with Gasteiger partial charge in [-0.2, -0.15) is 0 Å². The zero-order chi connectivity index (χ0) is 9.60. The van der Waals surface area contributed by atoms with E-state index in [0.717, 1.165) is 11.4 Å². The standard InChI is InChI=1S/C11H15N3/c12-9-6-13-5-2-10(9)14-7-11(8-14)3-1-4-11/h2,5-6H,1,3-4,7-8,12H2. The van der Waals surface area contributed by atoms with Gasteiger partial charge in [-0.3, -0.25) is 4.98 Å². The molecule has 2 aliphatic rings. The number of hydrogen-bond donors (Lipinski definition) is 1. The van der Waals surface area contributed by atoms with Gasteiger partial charge >= 0.3 is 0 Å². The molecule has 1 aliphatic carbocycles. The SMILES string of the molecule is Nc1cnccc1N1CC2(CCC2)C1. The number of anilines is 2. The van der Waals surface area contributed by atoms with E-state index in [1.165, 1.54) is 32.4 Å². The summed E-state index contributed by atoms with van der Waals surface area (Å²) in [4.78, 5) is 6.38. The number of nitrogens with two attached hydrogens (primary N) is 1. The Morgan fingerprint density at radius 1 is 1.36 bits per heavy atom. The van der Waals surface area contributed by atoms with Gasteiger partial charge in [0.25, 0.3) is 0 Å². The second kappa shape index (κ2) is 2.62. The highest BCUT2D eigenvalue weighted by atomic mass is 15.2. The van der Waals surface area contributed by atoms with Crippen molar-refractivity contribution in [2.45, 2.75) is 19.3 Å². The number of rotatable bonds is 1. The Kier molecular flexibility index (Phi) is 1.52. The fourth-order valence-electron chi connectivity index (χ4n) is 2.61. The van der Waals surface area contributed by atoms with E-state index < -0.39 is 0 Å². The van der Waals surface area contributed by atoms with Gasteiger partial charge in [0.2, 0.25) is 0 Å². The Bertz CT molecular complexity index is 349. The molecule has 1 aromatic heterocycles. The Labute approximate surface area is 83.9 Å². The van der Waals surface area contributed by atoms with Gasteiger partial charge in [-0.05, 0) is 18.9 Å². The van der Waals surface area contributed by atoms with Gasteiger partial charge in [-0.1, -0.05) is 6.42 Å². The largest absolute Gasteiger partial charge is 0.396 e. The molecule has 2 fully saturated rings. The first kappa shape index (κ1) is 8.09. The van der Waals surface area contributed by atoms with Crippen LogP contribution in [-0.4, -0.2) is 18.1 Å². The van der Waals surface area contributed by atoms with Gasteiger partial charge < -0.3 is 10.6 Å². The van der Waals surface area contributed by atoms with E-state index in [1.807, 2.05) is 12.3 Å². The highest BCUT2D eigenvalue weighted by molar-refractivity contribution is 5.67. The quantitative estimate of drug-likeness (QED) is 0.730. The van der Waals surface area contributed by atoms with Crippen molar-refractivity contribution in [2.24, 2.45) is 5.41 Å². The Hall–Kier alpha value is -1.25. The number of nitrogens with zero attached hydrogens (tertiary/aromatic N) is 2. The van der Waals surface area contributed by atoms with E-state index in [4.69, 9.17) is 5.73 Å². The molecule has 1 saturated carbocycles. The normalized spacial score (nSPS) is 23.0. The molecule has 0 atom stereocenters. The summed E-state index contributed by atoms with van der Waals surface area (Å²) < 4.78 is 0. The van der Waals surface area contributed by atoms with Gasteiger partial charge in [0.05, 0.1) is 17.6 Å². The molecule has 1 spiro atoms. The first-order chi connectivity index (χ1) is 6.79. The lowest BCUT2D eigenvalue weighted by molar-refractivity contribution is 0.0905. The van der Waals surface area contributed by atoms with Crippen molar-refractivity contribution in [3.8, 4) is 0 Å². The maximum absolute atomic E-state index is 5.87. The molecule has 0 aromatic carbocycles. The molecule has 0 unspecified atom stereocenters. The molecule has 0 bridgehead atoms. The lowest BCUT2D eigenvalue weighted by Crippen LogP contribution is -2.60. The van der Waals surface area contributed by atoms with E-state index in [1.54, 1.807) is 6.20 Å². The highest BCUT2D eigenvalue weighted by Gasteiger charge is 2.47. The van der Waals surface area contributed by atoms with Crippen molar-refractivity contribution < 1.29 is 0 Å². The van der Waals surface area contributed by atoms with Gasteiger partial charge in [0, 0.05) is 24.7 Å². The van der Waals surface area contributed by atoms with Crippen molar-refractivity contribution in [3.05, 3.63) is 18.5 Å². The van der Waals surface area contributed by atoms with E-state index in [0.29, 0.717) is 5.41 Å². The lowest BCUT2D eigenvalue weighted by atomic mass is 9.63. The first-order valence-electron chi connectivity index (χ1n) is 5.24. The van der Waals surface area contributed by atoms with Crippen molar-refractivity contribution in [3.63, 3.8) is 0 Å². The van der Waals surface area contributed by atoms with Crippen LogP contribution in [0.5, 0.6) is 0 Å². The summed E-state index contributed by atoms with van der Waals surface area (Å²) in [5, 5.41) is 0. The zero-order valence-corrected chi connectivity index (χ0v) is 8.24. The average Bonchev–Trinajstić information content (AvgIpc) is 2.03. The van der Waals surface area contributed by atoms with E-state index >= 15 is 0 Å². The smallest absolute Gasteiger partial charge is 0.0738 e. The Balaban J connectivity index is 1.76. The van der Waals surface area contributed by atoms with Gasteiger partial charge in [0.15, 0.2) is 0 Å². The first-order valence-corrected chi connectivity index (χ1v) is 5.24. The summed E-state index contributed by atoms with van der Waals surface area (Å²) in [6, 6.07) is 2.01. The maximum atomic E-state index is 5.87. The predicted molar refractivity (Wildman–Crippen MR) is 57.1 cm³/mol. The molecule has 2 N–H and O–H groups in total. The molecule has 14 heavy (non-hydrogen) atoms. The van der Waals surface area contributed by atoms with Crippen molar-refractivity contribution in [1.82, 2.24) is 4.98 Å². The molecule has 3 nitrogen and oxygen atoms in total. The Morgan fingerprint density at radius 3 is 2.71 bits per heavy atom. The molecule has 1 saturated heterocycles. The van der Waals surface area contributed by atoms with Gasteiger partial charge in [-0.25, -0.2) is 0 Å². The summed E-state index contributed by atoms with van der Waals surface area (Å²) in [6.45, 7) is 2.39. The van der Waals surface area contributed by atoms with Crippen LogP contribution in [0, 0.1) is 5.41 Å². The topological polar surface area (TPSA) is 42.1 Å². The summed E-state index contributed by atoms with van der Waals surface area (Å²) in [5.74, 6) is 0. The van der Waals surface area contributed by atoms with E-state index in [2.05, 4.69) is 9.88 Å². The summed E-state index contributed by atoms with van der Waals surface area (Å²) >= 11 is 0. The minimum Gasteiger partial charge on any atom is -0.396 e. The van der Waals surface area contributed by atoms with Crippen LogP contribution in [0.4, 0.5) is 11.4 Å². The molecular formula is C11H15N3. The monoisotopic (exact) mass is 189 g/mol. The molecule has 2 heterocycles. The van der Waals surface area contributed by atoms with Crippen molar-refractivity contribution in [2.75, 3.05) is 23.7 Å². The number of pyridine rings is 1. The van der Waals surface area contributed by atoms with Crippen LogP contribution < -0.4 is 10.6 Å². The maximum Gasteiger partial charge on any atom is 0.0738 e. The minimum atomic E-state index is 0.662. The van der Waals surface area contributed by atoms with Crippen molar-refractivity contribution >= 4 is 11.4 Å². The zero-order valence-electron chi connectivity index (χ0n) is 8.24. The van der Waals surface area contributed by atoms with E-state index in [9.17, 15) is 0 Å². The molecule has 0 amide bonds. The van der Waals surface area contributed by atoms with Gasteiger partial charge in [0.1, 0.15) is 0 Å². The fraction of sp³-hybridized carbons (Fsp3) is 0.545. The molecular weight excluding hydrogens is 174 g/mol. The summed E-state index contributed by atoms with van der Waals surface area (Å²) in [5.41, 5.74) is 8.51. The fourth-order valence-corrected chi connectivity index (χ4v) is 2.61. The van der Waals surface area contributed by atoms with Crippen LogP contribution in [0.2, 0.25) is 0 Å². The third-order valence-electron chi connectivity index (χ3n) is 3.64. The number of nitrogen functional groups attached to an aromatic ring is 1. The Morgan fingerprint density at radius 2 is 2.14 bits per heavy atom. The van der Waals surface area contributed by atoms with E-state index in [-0.39, 0.29) is 0 Å². The summed E-state index contributed by atoms with van der Waals surface area (Å²) in [7, 11) is 0. The second-order valence-electron chi connectivity index (χ2n) is 4.64. The predicted octanol–water partition coefficient (Wildman–Crippen LogP) is 1.65. The van der Waals surface area contributed by atoms with Crippen molar-refractivity contribution in [1.29, 1.82) is 0 Å². The number of aromatic nitrogens is 1. The highest BCUT2D eigenvalue weighted by Crippen LogP contribution is 2.49. The van der Waals surface area contributed by atoms with Crippen LogP contribution in [0.1, 0.15) is 19.3 Å². The minimum absolute atomic E-state index is 0.662. The molecule has 3 rings (SSSR count). The number of hydrogen-bond acceptors (Lipinski definition) is 3. The molecule has 0 radical (unpaired) electrons.